The Kier molecular flexibility index (Phi) is 6.74. The van der Waals surface area contributed by atoms with Crippen LogP contribution in [0.3, 0.4) is 0 Å². The van der Waals surface area contributed by atoms with E-state index in [-0.39, 0.29) is 24.8 Å². The Morgan fingerprint density at radius 1 is 0.925 bits per heavy atom. The van der Waals surface area contributed by atoms with Gasteiger partial charge in [-0.25, -0.2) is 9.88 Å². The molecule has 0 saturated carbocycles. The number of fused-ring (bicyclic) bond motifs is 1. The molecule has 0 radical (unpaired) electrons. The van der Waals surface area contributed by atoms with Gasteiger partial charge in [-0.05, 0) is 73.0 Å². The van der Waals surface area contributed by atoms with E-state index in [0.29, 0.717) is 11.3 Å². The number of hydrogen-bond acceptors (Lipinski definition) is 5. The van der Waals surface area contributed by atoms with Crippen LogP contribution in [0.4, 0.5) is 5.69 Å². The van der Waals surface area contributed by atoms with E-state index < -0.39 is 11.9 Å². The molecule has 0 spiro atoms. The molecule has 1 unspecified atom stereocenters. The summed E-state index contributed by atoms with van der Waals surface area (Å²) in [6.45, 7) is 4.15. The van der Waals surface area contributed by atoms with Crippen molar-refractivity contribution < 1.29 is 14.4 Å². The summed E-state index contributed by atoms with van der Waals surface area (Å²) in [5.41, 5.74) is 5.76. The molecule has 4 aromatic carbocycles. The van der Waals surface area contributed by atoms with Crippen molar-refractivity contribution in [3.8, 4) is 10.6 Å². The summed E-state index contributed by atoms with van der Waals surface area (Å²) in [4.78, 5) is 48.3. The molecule has 1 saturated heterocycles. The molecule has 198 valence electrons. The lowest BCUT2D eigenvalue weighted by atomic mass is 10.0. The van der Waals surface area contributed by atoms with Crippen molar-refractivity contribution in [2.45, 2.75) is 32.9 Å². The highest BCUT2D eigenvalue weighted by Crippen LogP contribution is 2.33. The van der Waals surface area contributed by atoms with Crippen LogP contribution in [0.5, 0.6) is 0 Å². The SMILES string of the molecule is Cc1ccc2nc(-c3ccc(N4C(=O)CC(N(Cc5ccccc5)C(=O)c5ccccc5C)C4=O)cc3)sc2c1. The molecule has 5 aromatic rings. The van der Waals surface area contributed by atoms with E-state index in [1.165, 1.54) is 15.4 Å². The average molecular weight is 546 g/mol. The third kappa shape index (κ3) is 4.80. The van der Waals surface area contributed by atoms with Crippen molar-refractivity contribution in [3.63, 3.8) is 0 Å². The summed E-state index contributed by atoms with van der Waals surface area (Å²) < 4.78 is 1.11. The lowest BCUT2D eigenvalue weighted by Crippen LogP contribution is -2.45. The van der Waals surface area contributed by atoms with Gasteiger partial charge >= 0.3 is 0 Å². The quantitative estimate of drug-likeness (QED) is 0.227. The Morgan fingerprint density at radius 2 is 1.65 bits per heavy atom. The van der Waals surface area contributed by atoms with Gasteiger partial charge in [-0.3, -0.25) is 14.4 Å². The van der Waals surface area contributed by atoms with E-state index in [1.807, 2.05) is 79.7 Å². The van der Waals surface area contributed by atoms with Gasteiger partial charge in [-0.15, -0.1) is 11.3 Å². The Morgan fingerprint density at radius 3 is 2.40 bits per heavy atom. The van der Waals surface area contributed by atoms with Crippen LogP contribution in [0, 0.1) is 13.8 Å². The number of aryl methyl sites for hydroxylation is 2. The molecule has 6 nitrogen and oxygen atoms in total. The van der Waals surface area contributed by atoms with Crippen molar-refractivity contribution >= 4 is 45.0 Å². The Labute approximate surface area is 236 Å². The summed E-state index contributed by atoms with van der Waals surface area (Å²) >= 11 is 1.61. The molecule has 1 aromatic heterocycles. The van der Waals surface area contributed by atoms with E-state index in [2.05, 4.69) is 13.0 Å². The van der Waals surface area contributed by atoms with Crippen molar-refractivity contribution in [1.29, 1.82) is 0 Å². The van der Waals surface area contributed by atoms with Crippen molar-refractivity contribution in [3.05, 3.63) is 119 Å². The third-order valence-corrected chi connectivity index (χ3v) is 8.31. The van der Waals surface area contributed by atoms with Crippen LogP contribution in [0.25, 0.3) is 20.8 Å². The fraction of sp³-hybridized carbons (Fsp3) is 0.152. The van der Waals surface area contributed by atoms with Crippen molar-refractivity contribution in [1.82, 2.24) is 9.88 Å². The number of anilines is 1. The van der Waals surface area contributed by atoms with Crippen molar-refractivity contribution in [2.75, 3.05) is 4.90 Å². The van der Waals surface area contributed by atoms with Crippen LogP contribution in [-0.4, -0.2) is 33.6 Å². The molecule has 1 atom stereocenters. The number of carbonyl (C=O) groups excluding carboxylic acids is 3. The number of carbonyl (C=O) groups is 3. The molecule has 2 heterocycles. The number of thiazole rings is 1. The number of hydrogen-bond donors (Lipinski definition) is 0. The number of nitrogens with zero attached hydrogens (tertiary/aromatic N) is 3. The summed E-state index contributed by atoms with van der Waals surface area (Å²) in [7, 11) is 0. The van der Waals surface area contributed by atoms with Crippen molar-refractivity contribution in [2.24, 2.45) is 0 Å². The lowest BCUT2D eigenvalue weighted by Gasteiger charge is -2.28. The predicted molar refractivity (Wildman–Crippen MR) is 158 cm³/mol. The normalized spacial score (nSPS) is 15.2. The molecule has 40 heavy (non-hydrogen) atoms. The second-order valence-corrected chi connectivity index (χ2v) is 11.1. The van der Waals surface area contributed by atoms with Crippen LogP contribution < -0.4 is 4.90 Å². The van der Waals surface area contributed by atoms with Crippen LogP contribution in [0.1, 0.15) is 33.5 Å². The summed E-state index contributed by atoms with van der Waals surface area (Å²) in [6.07, 6.45) is -0.0672. The van der Waals surface area contributed by atoms with Gasteiger partial charge in [0.1, 0.15) is 11.0 Å². The van der Waals surface area contributed by atoms with E-state index >= 15 is 0 Å². The molecule has 3 amide bonds. The minimum absolute atomic E-state index is 0.0672. The number of amides is 3. The molecule has 7 heteroatoms. The van der Waals surface area contributed by atoms with Gasteiger partial charge in [-0.1, -0.05) is 54.6 Å². The first-order valence-corrected chi connectivity index (χ1v) is 14.0. The van der Waals surface area contributed by atoms with Crippen LogP contribution >= 0.6 is 11.3 Å². The average Bonchev–Trinajstić information content (AvgIpc) is 3.51. The second kappa shape index (κ2) is 10.5. The van der Waals surface area contributed by atoms with E-state index in [4.69, 9.17) is 4.98 Å². The van der Waals surface area contributed by atoms with Gasteiger partial charge in [0.25, 0.3) is 11.8 Å². The first-order chi connectivity index (χ1) is 19.4. The van der Waals surface area contributed by atoms with Crippen LogP contribution in [0.15, 0.2) is 97.1 Å². The minimum atomic E-state index is -0.896. The molecule has 6 rings (SSSR count). The topological polar surface area (TPSA) is 70.6 Å². The molecule has 0 N–H and O–H groups in total. The zero-order chi connectivity index (χ0) is 27.8. The van der Waals surface area contributed by atoms with Gasteiger partial charge in [0.2, 0.25) is 5.91 Å². The monoisotopic (exact) mass is 545 g/mol. The molecule has 1 fully saturated rings. The lowest BCUT2D eigenvalue weighted by molar-refractivity contribution is -0.122. The Balaban J connectivity index is 1.29. The Hall–Kier alpha value is -4.62. The highest BCUT2D eigenvalue weighted by molar-refractivity contribution is 7.21. The zero-order valence-corrected chi connectivity index (χ0v) is 23.0. The molecule has 0 bridgehead atoms. The summed E-state index contributed by atoms with van der Waals surface area (Å²) in [6, 6.07) is 29.4. The van der Waals surface area contributed by atoms with Gasteiger partial charge < -0.3 is 4.90 Å². The molecule has 0 aliphatic carbocycles. The van der Waals surface area contributed by atoms with Gasteiger partial charge in [0.15, 0.2) is 0 Å². The molecule has 1 aliphatic rings. The first-order valence-electron chi connectivity index (χ1n) is 13.1. The standard InChI is InChI=1S/C33H27N3O3S/c1-21-12-17-27-29(18-21)40-31(34-27)24-13-15-25(16-14-24)36-30(37)19-28(33(36)39)35(20-23-9-4-3-5-10-23)32(38)26-11-7-6-8-22(26)2/h3-18,28H,19-20H2,1-2H3. The van der Waals surface area contributed by atoms with Crippen LogP contribution in [0.2, 0.25) is 0 Å². The number of rotatable bonds is 6. The van der Waals surface area contributed by atoms with Gasteiger partial charge in [0, 0.05) is 17.7 Å². The number of imide groups is 1. The summed E-state index contributed by atoms with van der Waals surface area (Å²) in [5.74, 6) is -0.990. The fourth-order valence-corrected chi connectivity index (χ4v) is 6.18. The van der Waals surface area contributed by atoms with E-state index in [9.17, 15) is 14.4 Å². The van der Waals surface area contributed by atoms with Gasteiger partial charge in [0.05, 0.1) is 22.3 Å². The second-order valence-electron chi connectivity index (χ2n) is 10.1. The third-order valence-electron chi connectivity index (χ3n) is 7.25. The largest absolute Gasteiger partial charge is 0.322 e. The maximum Gasteiger partial charge on any atom is 0.257 e. The van der Waals surface area contributed by atoms with E-state index in [1.54, 1.807) is 29.5 Å². The highest BCUT2D eigenvalue weighted by atomic mass is 32.1. The maximum absolute atomic E-state index is 13.8. The number of benzene rings is 4. The fourth-order valence-electron chi connectivity index (χ4n) is 5.11. The smallest absolute Gasteiger partial charge is 0.257 e. The number of aromatic nitrogens is 1. The predicted octanol–water partition coefficient (Wildman–Crippen LogP) is 6.55. The van der Waals surface area contributed by atoms with Gasteiger partial charge in [-0.2, -0.15) is 0 Å². The molecular weight excluding hydrogens is 518 g/mol. The first kappa shape index (κ1) is 25.6. The molecule has 1 aliphatic heterocycles. The highest BCUT2D eigenvalue weighted by Gasteiger charge is 2.44. The summed E-state index contributed by atoms with van der Waals surface area (Å²) in [5, 5.41) is 0.877. The van der Waals surface area contributed by atoms with Crippen LogP contribution in [-0.2, 0) is 16.1 Å². The van der Waals surface area contributed by atoms with E-state index in [0.717, 1.165) is 31.9 Å². The zero-order valence-electron chi connectivity index (χ0n) is 22.2. The molecular formula is C33H27N3O3S. The minimum Gasteiger partial charge on any atom is -0.322 e. The Bertz CT molecular complexity index is 1740. The maximum atomic E-state index is 13.8.